The number of ether oxygens (including phenoxy) is 1. The lowest BCUT2D eigenvalue weighted by molar-refractivity contribution is -0.0223. The zero-order valence-corrected chi connectivity index (χ0v) is 12.8. The number of hydrazone groups is 1. The fourth-order valence-electron chi connectivity index (χ4n) is 3.14. The number of para-hydroxylation sites is 1. The van der Waals surface area contributed by atoms with E-state index in [9.17, 15) is 0 Å². The number of thiophene rings is 1. The lowest BCUT2D eigenvalue weighted by Crippen LogP contribution is -2.40. The Labute approximate surface area is 128 Å². The summed E-state index contributed by atoms with van der Waals surface area (Å²) in [7, 11) is 0. The Balaban J connectivity index is 1.73. The Kier molecular flexibility index (Phi) is 3.19. The lowest BCUT2D eigenvalue weighted by atomic mass is 9.98. The Morgan fingerprint density at radius 3 is 3.00 bits per heavy atom. The summed E-state index contributed by atoms with van der Waals surface area (Å²) in [5.74, 6) is 1.03. The van der Waals surface area contributed by atoms with Crippen LogP contribution < -0.4 is 4.74 Å². The number of hydrogen-bond donors (Lipinski definition) is 0. The molecule has 108 valence electrons. The van der Waals surface area contributed by atoms with Crippen LogP contribution in [0.15, 0.2) is 46.9 Å². The quantitative estimate of drug-likeness (QED) is 0.838. The van der Waals surface area contributed by atoms with Crippen LogP contribution in [0.2, 0.25) is 0 Å². The molecule has 0 amide bonds. The van der Waals surface area contributed by atoms with Crippen molar-refractivity contribution in [2.24, 2.45) is 5.10 Å². The van der Waals surface area contributed by atoms with Gasteiger partial charge in [0.05, 0.1) is 16.6 Å². The van der Waals surface area contributed by atoms with Crippen molar-refractivity contribution in [3.63, 3.8) is 0 Å². The standard InChI is InChI=1S/C17H18N2OS/c1-2-6-17-19-14(12-7-3-4-8-15(12)20-17)11-13(18-19)16-9-5-10-21-16/h3-5,7-10,14,17H,2,6,11H2,1H3/t14-,17+/m0/s1. The van der Waals surface area contributed by atoms with E-state index in [1.165, 1.54) is 16.2 Å². The summed E-state index contributed by atoms with van der Waals surface area (Å²) in [6.45, 7) is 2.19. The predicted molar refractivity (Wildman–Crippen MR) is 85.8 cm³/mol. The van der Waals surface area contributed by atoms with Crippen LogP contribution >= 0.6 is 11.3 Å². The topological polar surface area (TPSA) is 24.8 Å². The van der Waals surface area contributed by atoms with Gasteiger partial charge in [0.25, 0.3) is 0 Å². The average Bonchev–Trinajstić information content (AvgIpc) is 3.17. The van der Waals surface area contributed by atoms with Gasteiger partial charge in [0.1, 0.15) is 5.75 Å². The maximum Gasteiger partial charge on any atom is 0.187 e. The first-order valence-electron chi connectivity index (χ1n) is 7.52. The zero-order valence-electron chi connectivity index (χ0n) is 12.0. The molecule has 0 saturated heterocycles. The molecule has 0 saturated carbocycles. The van der Waals surface area contributed by atoms with Crippen LogP contribution in [0.4, 0.5) is 0 Å². The summed E-state index contributed by atoms with van der Waals surface area (Å²) in [6, 6.07) is 13.0. The van der Waals surface area contributed by atoms with Gasteiger partial charge in [0.15, 0.2) is 6.23 Å². The molecule has 2 atom stereocenters. The molecule has 0 bridgehead atoms. The second-order valence-corrected chi connectivity index (χ2v) is 6.47. The van der Waals surface area contributed by atoms with Crippen LogP contribution in [0.25, 0.3) is 0 Å². The molecule has 0 spiro atoms. The Morgan fingerprint density at radius 2 is 2.19 bits per heavy atom. The van der Waals surface area contributed by atoms with E-state index in [2.05, 4.69) is 47.6 Å². The van der Waals surface area contributed by atoms with Gasteiger partial charge in [0.2, 0.25) is 0 Å². The predicted octanol–water partition coefficient (Wildman–Crippen LogP) is 4.42. The molecule has 1 aromatic carbocycles. The molecule has 3 heterocycles. The van der Waals surface area contributed by atoms with E-state index >= 15 is 0 Å². The van der Waals surface area contributed by atoms with E-state index in [-0.39, 0.29) is 6.23 Å². The first-order chi connectivity index (χ1) is 10.4. The van der Waals surface area contributed by atoms with E-state index in [1.807, 2.05) is 6.07 Å². The van der Waals surface area contributed by atoms with E-state index in [0.29, 0.717) is 6.04 Å². The Hall–Kier alpha value is -1.81. The van der Waals surface area contributed by atoms with Gasteiger partial charge < -0.3 is 4.74 Å². The summed E-state index contributed by atoms with van der Waals surface area (Å²) >= 11 is 1.76. The van der Waals surface area contributed by atoms with Crippen molar-refractivity contribution in [2.75, 3.05) is 0 Å². The lowest BCUT2D eigenvalue weighted by Gasteiger charge is -2.38. The van der Waals surface area contributed by atoms with Crippen LogP contribution in [0.5, 0.6) is 5.75 Å². The molecule has 1 aromatic heterocycles. The third kappa shape index (κ3) is 2.14. The molecule has 0 aliphatic carbocycles. The largest absolute Gasteiger partial charge is 0.469 e. The van der Waals surface area contributed by atoms with Crippen molar-refractivity contribution in [1.82, 2.24) is 5.01 Å². The zero-order chi connectivity index (χ0) is 14.2. The first-order valence-corrected chi connectivity index (χ1v) is 8.40. The van der Waals surface area contributed by atoms with Crippen LogP contribution in [0, 0.1) is 0 Å². The number of rotatable bonds is 3. The third-order valence-electron chi connectivity index (χ3n) is 4.12. The molecule has 0 fully saturated rings. The van der Waals surface area contributed by atoms with Crippen molar-refractivity contribution in [3.05, 3.63) is 52.2 Å². The van der Waals surface area contributed by atoms with Gasteiger partial charge in [0, 0.05) is 18.4 Å². The summed E-state index contributed by atoms with van der Waals surface area (Å²) in [6.07, 6.45) is 3.14. The first kappa shape index (κ1) is 12.9. The van der Waals surface area contributed by atoms with Crippen LogP contribution in [-0.2, 0) is 0 Å². The summed E-state index contributed by atoms with van der Waals surface area (Å²) in [4.78, 5) is 1.28. The van der Waals surface area contributed by atoms with E-state index in [4.69, 9.17) is 9.84 Å². The molecule has 3 nitrogen and oxygen atoms in total. The fraction of sp³-hybridized carbons (Fsp3) is 0.353. The third-order valence-corrected chi connectivity index (χ3v) is 5.04. The highest BCUT2D eigenvalue weighted by molar-refractivity contribution is 7.12. The Morgan fingerprint density at radius 1 is 1.29 bits per heavy atom. The molecular formula is C17H18N2OS. The monoisotopic (exact) mass is 298 g/mol. The summed E-state index contributed by atoms with van der Waals surface area (Å²) < 4.78 is 6.17. The second kappa shape index (κ2) is 5.19. The Bertz CT molecular complexity index is 665. The maximum absolute atomic E-state index is 6.17. The fourth-order valence-corrected chi connectivity index (χ4v) is 3.86. The number of fused-ring (bicyclic) bond motifs is 3. The van der Waals surface area contributed by atoms with Gasteiger partial charge in [-0.25, -0.2) is 0 Å². The smallest absolute Gasteiger partial charge is 0.187 e. The highest BCUT2D eigenvalue weighted by Gasteiger charge is 2.39. The van der Waals surface area contributed by atoms with Gasteiger partial charge in [-0.3, -0.25) is 5.01 Å². The molecule has 0 radical (unpaired) electrons. The van der Waals surface area contributed by atoms with Gasteiger partial charge in [-0.15, -0.1) is 11.3 Å². The molecule has 4 heteroatoms. The molecule has 0 unspecified atom stereocenters. The van der Waals surface area contributed by atoms with E-state index in [0.717, 1.165) is 25.0 Å². The molecule has 2 aliphatic rings. The highest BCUT2D eigenvalue weighted by atomic mass is 32.1. The number of benzene rings is 1. The van der Waals surface area contributed by atoms with Crippen LogP contribution in [-0.4, -0.2) is 16.9 Å². The van der Waals surface area contributed by atoms with Crippen molar-refractivity contribution in [1.29, 1.82) is 0 Å². The normalized spacial score (nSPS) is 23.3. The molecule has 21 heavy (non-hydrogen) atoms. The number of nitrogens with zero attached hydrogens (tertiary/aromatic N) is 2. The maximum atomic E-state index is 6.17. The van der Waals surface area contributed by atoms with E-state index in [1.54, 1.807) is 11.3 Å². The van der Waals surface area contributed by atoms with Crippen molar-refractivity contribution in [3.8, 4) is 5.75 Å². The van der Waals surface area contributed by atoms with Gasteiger partial charge in [-0.2, -0.15) is 5.10 Å². The minimum absolute atomic E-state index is 0.0624. The minimum atomic E-state index is 0.0624. The minimum Gasteiger partial charge on any atom is -0.469 e. The molecular weight excluding hydrogens is 280 g/mol. The molecule has 0 N–H and O–H groups in total. The van der Waals surface area contributed by atoms with Gasteiger partial charge in [-0.1, -0.05) is 37.6 Å². The van der Waals surface area contributed by atoms with E-state index < -0.39 is 0 Å². The molecule has 2 aliphatic heterocycles. The van der Waals surface area contributed by atoms with Gasteiger partial charge >= 0.3 is 0 Å². The van der Waals surface area contributed by atoms with Crippen molar-refractivity contribution >= 4 is 17.0 Å². The summed E-state index contributed by atoms with van der Waals surface area (Å²) in [5, 5.41) is 9.18. The van der Waals surface area contributed by atoms with Gasteiger partial charge in [-0.05, 0) is 17.5 Å². The van der Waals surface area contributed by atoms with Crippen molar-refractivity contribution < 1.29 is 4.74 Å². The molecule has 2 aromatic rings. The van der Waals surface area contributed by atoms with Crippen molar-refractivity contribution in [2.45, 2.75) is 38.5 Å². The highest BCUT2D eigenvalue weighted by Crippen LogP contribution is 2.43. The SMILES string of the molecule is CCC[C@H]1Oc2ccccc2[C@@H]2CC(c3cccs3)=NN12. The molecule has 4 rings (SSSR count). The second-order valence-electron chi connectivity index (χ2n) is 5.52. The van der Waals surface area contributed by atoms with Crippen LogP contribution in [0.1, 0.15) is 42.7 Å². The number of hydrogen-bond acceptors (Lipinski definition) is 4. The van der Waals surface area contributed by atoms with Crippen LogP contribution in [0.3, 0.4) is 0 Å². The summed E-state index contributed by atoms with van der Waals surface area (Å²) in [5.41, 5.74) is 2.46. The average molecular weight is 298 g/mol.